The Bertz CT molecular complexity index is 1450. The number of benzene rings is 3. The molecule has 1 fully saturated rings. The van der Waals surface area contributed by atoms with Crippen molar-refractivity contribution >= 4 is 29.4 Å². The maximum Gasteiger partial charge on any atom is 0.329 e. The van der Waals surface area contributed by atoms with Gasteiger partial charge in [0.25, 0.3) is 5.91 Å². The van der Waals surface area contributed by atoms with E-state index in [1.54, 1.807) is 0 Å². The molecule has 0 saturated carbocycles. The number of aryl methyl sites for hydroxylation is 2. The molecule has 0 unspecified atom stereocenters. The SMILES string of the molecule is CCCC[C@H](C(=O)OCC(=O)Nc1cc(C)ccc1C)N1C(=O)[C@H]2C3c4ccccc4C(c4ccccc43)[C@@H]2C1=O. The van der Waals surface area contributed by atoms with Crippen LogP contribution in [0.2, 0.25) is 0 Å². The summed E-state index contributed by atoms with van der Waals surface area (Å²) in [5.74, 6) is -3.47. The van der Waals surface area contributed by atoms with Gasteiger partial charge < -0.3 is 10.1 Å². The summed E-state index contributed by atoms with van der Waals surface area (Å²) in [6, 6.07) is 20.7. The van der Waals surface area contributed by atoms with E-state index in [1.165, 1.54) is 4.90 Å². The maximum absolute atomic E-state index is 14.1. The van der Waals surface area contributed by atoms with Crippen LogP contribution in [0.25, 0.3) is 0 Å². The molecule has 210 valence electrons. The molecule has 2 bridgehead atoms. The fourth-order valence-corrected chi connectivity index (χ4v) is 7.05. The molecule has 3 aliphatic carbocycles. The van der Waals surface area contributed by atoms with Crippen molar-refractivity contribution in [3.8, 4) is 0 Å². The zero-order chi connectivity index (χ0) is 28.8. The Labute approximate surface area is 239 Å². The van der Waals surface area contributed by atoms with E-state index in [0.717, 1.165) is 39.8 Å². The summed E-state index contributed by atoms with van der Waals surface area (Å²) in [6.07, 6.45) is 1.70. The van der Waals surface area contributed by atoms with E-state index in [9.17, 15) is 19.2 Å². The van der Waals surface area contributed by atoms with Gasteiger partial charge in [-0.3, -0.25) is 19.3 Å². The zero-order valence-electron chi connectivity index (χ0n) is 23.6. The van der Waals surface area contributed by atoms with Gasteiger partial charge >= 0.3 is 5.97 Å². The number of amides is 3. The molecule has 3 amide bonds. The number of likely N-dealkylation sites (tertiary alicyclic amines) is 1. The highest BCUT2D eigenvalue weighted by molar-refractivity contribution is 6.10. The molecule has 0 aromatic heterocycles. The maximum atomic E-state index is 14.1. The Morgan fingerprint density at radius 2 is 1.39 bits per heavy atom. The molecular weight excluding hydrogens is 516 g/mol. The highest BCUT2D eigenvalue weighted by Gasteiger charge is 2.63. The van der Waals surface area contributed by atoms with Crippen LogP contribution in [0.15, 0.2) is 66.7 Å². The quantitative estimate of drug-likeness (QED) is 0.306. The Morgan fingerprint density at radius 1 is 0.854 bits per heavy atom. The molecule has 1 saturated heterocycles. The molecule has 1 aliphatic heterocycles. The summed E-state index contributed by atoms with van der Waals surface area (Å²) in [4.78, 5) is 55.6. The van der Waals surface area contributed by atoms with Gasteiger partial charge in [0.15, 0.2) is 6.61 Å². The number of esters is 1. The number of anilines is 1. The minimum absolute atomic E-state index is 0.245. The number of imide groups is 1. The second kappa shape index (κ2) is 10.6. The fraction of sp³-hybridized carbons (Fsp3) is 0.353. The van der Waals surface area contributed by atoms with Crippen LogP contribution in [-0.2, 0) is 23.9 Å². The summed E-state index contributed by atoms with van der Waals surface area (Å²) in [5.41, 5.74) is 6.86. The molecule has 3 aromatic carbocycles. The standard InChI is InChI=1S/C34H34N2O5/c1-4-5-14-26(34(40)41-18-27(37)35-25-17-19(2)15-16-20(25)3)36-32(38)30-28-21-10-6-7-11-22(21)29(31(30)33(36)39)24-13-9-8-12-23(24)28/h6-13,15-17,26,28-31H,4-5,14,18H2,1-3H3,(H,35,37)/t26-,28?,29?,30+,31+/m1/s1. The zero-order valence-corrected chi connectivity index (χ0v) is 23.6. The lowest BCUT2D eigenvalue weighted by Crippen LogP contribution is -2.47. The lowest BCUT2D eigenvalue weighted by Gasteiger charge is -2.45. The molecule has 7 heteroatoms. The number of hydrogen-bond donors (Lipinski definition) is 1. The molecule has 7 nitrogen and oxygen atoms in total. The number of ether oxygens (including phenoxy) is 1. The van der Waals surface area contributed by atoms with Crippen molar-refractivity contribution in [2.24, 2.45) is 11.8 Å². The fourth-order valence-electron chi connectivity index (χ4n) is 7.05. The van der Waals surface area contributed by atoms with Crippen LogP contribution in [0, 0.1) is 25.7 Å². The van der Waals surface area contributed by atoms with Crippen LogP contribution < -0.4 is 5.32 Å². The average molecular weight is 551 g/mol. The second-order valence-corrected chi connectivity index (χ2v) is 11.4. The molecule has 41 heavy (non-hydrogen) atoms. The monoisotopic (exact) mass is 550 g/mol. The number of carbonyl (C=O) groups is 4. The summed E-state index contributed by atoms with van der Waals surface area (Å²) in [5, 5.41) is 2.79. The van der Waals surface area contributed by atoms with Gasteiger partial charge in [0.2, 0.25) is 11.8 Å². The van der Waals surface area contributed by atoms with Crippen molar-refractivity contribution in [1.29, 1.82) is 0 Å². The van der Waals surface area contributed by atoms with Gasteiger partial charge in [-0.25, -0.2) is 4.79 Å². The smallest absolute Gasteiger partial charge is 0.329 e. The molecule has 3 atom stereocenters. The topological polar surface area (TPSA) is 92.8 Å². The molecule has 7 rings (SSSR count). The predicted molar refractivity (Wildman–Crippen MR) is 154 cm³/mol. The van der Waals surface area contributed by atoms with E-state index in [2.05, 4.69) is 29.6 Å². The van der Waals surface area contributed by atoms with Gasteiger partial charge in [-0.1, -0.05) is 80.4 Å². The predicted octanol–water partition coefficient (Wildman–Crippen LogP) is 5.24. The van der Waals surface area contributed by atoms with E-state index >= 15 is 0 Å². The number of hydrogen-bond acceptors (Lipinski definition) is 5. The van der Waals surface area contributed by atoms with Crippen molar-refractivity contribution < 1.29 is 23.9 Å². The van der Waals surface area contributed by atoms with Gasteiger partial charge in [-0.15, -0.1) is 0 Å². The number of nitrogens with zero attached hydrogens (tertiary/aromatic N) is 1. The van der Waals surface area contributed by atoms with Crippen molar-refractivity contribution in [2.45, 2.75) is 57.9 Å². The minimum atomic E-state index is -1.07. The molecule has 4 aliphatic rings. The first-order chi connectivity index (χ1) is 19.8. The van der Waals surface area contributed by atoms with Gasteiger partial charge in [-0.05, 0) is 59.7 Å². The van der Waals surface area contributed by atoms with E-state index in [-0.39, 0.29) is 23.7 Å². The number of nitrogens with one attached hydrogen (secondary N) is 1. The molecule has 0 radical (unpaired) electrons. The van der Waals surface area contributed by atoms with Crippen LogP contribution in [0.1, 0.15) is 71.4 Å². The van der Waals surface area contributed by atoms with E-state index in [1.807, 2.05) is 63.2 Å². The lowest BCUT2D eigenvalue weighted by atomic mass is 9.55. The molecule has 1 N–H and O–H groups in total. The first-order valence-electron chi connectivity index (χ1n) is 14.4. The molecular formula is C34H34N2O5. The Kier molecular flexibility index (Phi) is 6.98. The molecule has 0 spiro atoms. The van der Waals surface area contributed by atoms with Crippen LogP contribution >= 0.6 is 0 Å². The number of carbonyl (C=O) groups excluding carboxylic acids is 4. The highest BCUT2D eigenvalue weighted by Crippen LogP contribution is 2.61. The second-order valence-electron chi connectivity index (χ2n) is 11.4. The Morgan fingerprint density at radius 3 is 1.90 bits per heavy atom. The Hall–Kier alpha value is -4.26. The van der Waals surface area contributed by atoms with Crippen LogP contribution in [0.5, 0.6) is 0 Å². The van der Waals surface area contributed by atoms with Gasteiger partial charge in [0.1, 0.15) is 6.04 Å². The molecule has 1 heterocycles. The average Bonchev–Trinajstić information content (AvgIpc) is 3.24. The normalized spacial score (nSPS) is 22.6. The first kappa shape index (κ1) is 26.9. The van der Waals surface area contributed by atoms with Gasteiger partial charge in [0.05, 0.1) is 11.8 Å². The van der Waals surface area contributed by atoms with Crippen LogP contribution in [-0.4, -0.2) is 41.2 Å². The number of rotatable bonds is 8. The third kappa shape index (κ3) is 4.44. The third-order valence-corrected chi connectivity index (χ3v) is 8.91. The number of unbranched alkanes of at least 4 members (excludes halogenated alkanes) is 1. The van der Waals surface area contributed by atoms with Crippen molar-refractivity contribution in [3.63, 3.8) is 0 Å². The summed E-state index contributed by atoms with van der Waals surface area (Å²) < 4.78 is 5.46. The van der Waals surface area contributed by atoms with Crippen molar-refractivity contribution in [1.82, 2.24) is 4.90 Å². The van der Waals surface area contributed by atoms with Crippen LogP contribution in [0.4, 0.5) is 5.69 Å². The molecule has 3 aromatic rings. The van der Waals surface area contributed by atoms with E-state index in [4.69, 9.17) is 4.74 Å². The highest BCUT2D eigenvalue weighted by atomic mass is 16.5. The van der Waals surface area contributed by atoms with Crippen molar-refractivity contribution in [2.75, 3.05) is 11.9 Å². The minimum Gasteiger partial charge on any atom is -0.454 e. The van der Waals surface area contributed by atoms with Crippen molar-refractivity contribution in [3.05, 3.63) is 100 Å². The summed E-state index contributed by atoms with van der Waals surface area (Å²) >= 11 is 0. The summed E-state index contributed by atoms with van der Waals surface area (Å²) in [7, 11) is 0. The lowest BCUT2D eigenvalue weighted by molar-refractivity contribution is -0.160. The van der Waals surface area contributed by atoms with E-state index < -0.39 is 36.4 Å². The van der Waals surface area contributed by atoms with Gasteiger partial charge in [0, 0.05) is 17.5 Å². The first-order valence-corrected chi connectivity index (χ1v) is 14.4. The van der Waals surface area contributed by atoms with Crippen LogP contribution in [0.3, 0.4) is 0 Å². The third-order valence-electron chi connectivity index (χ3n) is 8.91. The largest absolute Gasteiger partial charge is 0.454 e. The Balaban J connectivity index is 1.26. The van der Waals surface area contributed by atoms with E-state index in [0.29, 0.717) is 18.5 Å². The summed E-state index contributed by atoms with van der Waals surface area (Å²) in [6.45, 7) is 5.30. The van der Waals surface area contributed by atoms with Gasteiger partial charge in [-0.2, -0.15) is 0 Å².